The van der Waals surface area contributed by atoms with E-state index in [9.17, 15) is 0 Å². The topological polar surface area (TPSA) is 0 Å². The SMILES string of the molecule is CCC(CC)[C@H]1C(C)=CC[C@@H]1I. The summed E-state index contributed by atoms with van der Waals surface area (Å²) in [6.45, 7) is 6.95. The molecule has 0 aliphatic heterocycles. The van der Waals surface area contributed by atoms with Gasteiger partial charge in [-0.1, -0.05) is 60.9 Å². The molecular formula is C11H19I. The van der Waals surface area contributed by atoms with Gasteiger partial charge in [-0.05, 0) is 25.2 Å². The van der Waals surface area contributed by atoms with Gasteiger partial charge in [-0.15, -0.1) is 0 Å². The Morgan fingerprint density at radius 3 is 2.42 bits per heavy atom. The van der Waals surface area contributed by atoms with Gasteiger partial charge in [0.05, 0.1) is 0 Å². The molecule has 0 aromatic heterocycles. The van der Waals surface area contributed by atoms with Crippen molar-refractivity contribution in [2.24, 2.45) is 11.8 Å². The van der Waals surface area contributed by atoms with E-state index < -0.39 is 0 Å². The maximum atomic E-state index is 2.62. The molecule has 0 heterocycles. The molecule has 0 bridgehead atoms. The third-order valence-corrected chi connectivity index (χ3v) is 4.42. The van der Waals surface area contributed by atoms with Crippen LogP contribution in [0.25, 0.3) is 0 Å². The van der Waals surface area contributed by atoms with Gasteiger partial charge in [0.1, 0.15) is 0 Å². The fraction of sp³-hybridized carbons (Fsp3) is 0.818. The zero-order chi connectivity index (χ0) is 9.14. The molecule has 0 amide bonds. The molecule has 0 spiro atoms. The summed E-state index contributed by atoms with van der Waals surface area (Å²) in [5, 5.41) is 0. The van der Waals surface area contributed by atoms with Gasteiger partial charge in [0, 0.05) is 3.92 Å². The van der Waals surface area contributed by atoms with E-state index in [4.69, 9.17) is 0 Å². The molecule has 2 atom stereocenters. The van der Waals surface area contributed by atoms with E-state index in [-0.39, 0.29) is 0 Å². The minimum absolute atomic E-state index is 0.868. The van der Waals surface area contributed by atoms with Crippen molar-refractivity contribution in [2.45, 2.75) is 44.0 Å². The van der Waals surface area contributed by atoms with Gasteiger partial charge >= 0.3 is 0 Å². The van der Waals surface area contributed by atoms with Crippen molar-refractivity contribution >= 4 is 22.6 Å². The molecule has 0 saturated heterocycles. The Balaban J connectivity index is 2.64. The molecule has 0 radical (unpaired) electrons. The first kappa shape index (κ1) is 10.6. The van der Waals surface area contributed by atoms with Crippen LogP contribution in [0.1, 0.15) is 40.0 Å². The van der Waals surface area contributed by atoms with Crippen LogP contribution in [0.4, 0.5) is 0 Å². The molecule has 12 heavy (non-hydrogen) atoms. The molecule has 1 aliphatic rings. The molecule has 0 aromatic rings. The third-order valence-electron chi connectivity index (χ3n) is 3.14. The fourth-order valence-electron chi connectivity index (χ4n) is 2.33. The quantitative estimate of drug-likeness (QED) is 0.412. The van der Waals surface area contributed by atoms with Crippen LogP contribution in [0, 0.1) is 11.8 Å². The highest BCUT2D eigenvalue weighted by atomic mass is 127. The van der Waals surface area contributed by atoms with Crippen LogP contribution in [0.3, 0.4) is 0 Å². The molecule has 0 nitrogen and oxygen atoms in total. The van der Waals surface area contributed by atoms with Crippen LogP contribution in [-0.4, -0.2) is 3.92 Å². The highest BCUT2D eigenvalue weighted by Crippen LogP contribution is 2.39. The summed E-state index contributed by atoms with van der Waals surface area (Å²) >= 11 is 2.62. The van der Waals surface area contributed by atoms with Crippen molar-refractivity contribution in [2.75, 3.05) is 0 Å². The Kier molecular flexibility index (Phi) is 4.08. The molecule has 0 fully saturated rings. The maximum absolute atomic E-state index is 2.62. The summed E-state index contributed by atoms with van der Waals surface area (Å²) in [5.74, 6) is 1.80. The summed E-state index contributed by atoms with van der Waals surface area (Å²) in [6.07, 6.45) is 6.41. The van der Waals surface area contributed by atoms with Crippen molar-refractivity contribution in [3.8, 4) is 0 Å². The summed E-state index contributed by atoms with van der Waals surface area (Å²) in [7, 11) is 0. The Bertz CT molecular complexity index is 168. The van der Waals surface area contributed by atoms with Gasteiger partial charge in [-0.3, -0.25) is 0 Å². The van der Waals surface area contributed by atoms with Gasteiger partial charge in [0.25, 0.3) is 0 Å². The van der Waals surface area contributed by atoms with Crippen molar-refractivity contribution in [3.05, 3.63) is 11.6 Å². The lowest BCUT2D eigenvalue weighted by molar-refractivity contribution is 0.366. The lowest BCUT2D eigenvalue weighted by atomic mass is 9.84. The van der Waals surface area contributed by atoms with E-state index >= 15 is 0 Å². The van der Waals surface area contributed by atoms with Gasteiger partial charge in [-0.25, -0.2) is 0 Å². The van der Waals surface area contributed by atoms with Crippen molar-refractivity contribution in [3.63, 3.8) is 0 Å². The molecule has 1 aliphatic carbocycles. The molecule has 0 saturated carbocycles. The number of allylic oxidation sites excluding steroid dienone is 2. The standard InChI is InChI=1S/C11H19I/c1-4-9(5-2)11-8(3)6-7-10(11)12/h6,9-11H,4-5,7H2,1-3H3/t10-,11+/m0/s1. The van der Waals surface area contributed by atoms with Gasteiger partial charge in [0.2, 0.25) is 0 Å². The van der Waals surface area contributed by atoms with Gasteiger partial charge in [-0.2, -0.15) is 0 Å². The van der Waals surface area contributed by atoms with Crippen LogP contribution in [-0.2, 0) is 0 Å². The third kappa shape index (κ3) is 2.04. The van der Waals surface area contributed by atoms with E-state index in [1.807, 2.05) is 0 Å². The molecule has 1 rings (SSSR count). The number of alkyl halides is 1. The van der Waals surface area contributed by atoms with Crippen LogP contribution in [0.15, 0.2) is 11.6 Å². The molecular weight excluding hydrogens is 259 g/mol. The van der Waals surface area contributed by atoms with Crippen LogP contribution in [0.5, 0.6) is 0 Å². The second-order valence-corrected chi connectivity index (χ2v) is 5.40. The van der Waals surface area contributed by atoms with Crippen molar-refractivity contribution < 1.29 is 0 Å². The number of hydrogen-bond donors (Lipinski definition) is 0. The van der Waals surface area contributed by atoms with Crippen LogP contribution < -0.4 is 0 Å². The largest absolute Gasteiger partial charge is 0.0842 e. The second kappa shape index (κ2) is 4.64. The summed E-state index contributed by atoms with van der Waals surface area (Å²) < 4.78 is 0.868. The van der Waals surface area contributed by atoms with E-state index in [0.717, 1.165) is 15.8 Å². The minimum atomic E-state index is 0.868. The highest BCUT2D eigenvalue weighted by Gasteiger charge is 2.30. The first-order chi connectivity index (χ1) is 5.70. The first-order valence-electron chi connectivity index (χ1n) is 5.01. The Labute approximate surface area is 90.0 Å². The van der Waals surface area contributed by atoms with Crippen molar-refractivity contribution in [1.82, 2.24) is 0 Å². The zero-order valence-corrected chi connectivity index (χ0v) is 10.5. The lowest BCUT2D eigenvalue weighted by Crippen LogP contribution is -2.19. The summed E-state index contributed by atoms with van der Waals surface area (Å²) in [5.41, 5.74) is 1.64. The Hall–Kier alpha value is 0.470. The minimum Gasteiger partial charge on any atom is -0.0842 e. The van der Waals surface area contributed by atoms with Gasteiger partial charge in [0.15, 0.2) is 0 Å². The average Bonchev–Trinajstić information content (AvgIpc) is 2.38. The molecule has 70 valence electrons. The number of hydrogen-bond acceptors (Lipinski definition) is 0. The normalized spacial score (nSPS) is 29.6. The van der Waals surface area contributed by atoms with E-state index in [0.29, 0.717) is 0 Å². The average molecular weight is 278 g/mol. The molecule has 0 unspecified atom stereocenters. The van der Waals surface area contributed by atoms with Gasteiger partial charge < -0.3 is 0 Å². The Morgan fingerprint density at radius 1 is 1.50 bits per heavy atom. The molecule has 0 N–H and O–H groups in total. The molecule has 1 heteroatoms. The second-order valence-electron chi connectivity index (χ2n) is 3.80. The van der Waals surface area contributed by atoms with E-state index in [2.05, 4.69) is 49.4 Å². The molecule has 0 aromatic carbocycles. The Morgan fingerprint density at radius 2 is 2.08 bits per heavy atom. The summed E-state index contributed by atoms with van der Waals surface area (Å²) in [4.78, 5) is 0. The first-order valence-corrected chi connectivity index (χ1v) is 6.26. The monoisotopic (exact) mass is 278 g/mol. The van der Waals surface area contributed by atoms with Crippen LogP contribution in [0.2, 0.25) is 0 Å². The van der Waals surface area contributed by atoms with Crippen LogP contribution >= 0.6 is 22.6 Å². The number of rotatable bonds is 3. The smallest absolute Gasteiger partial charge is 0.0212 e. The van der Waals surface area contributed by atoms with E-state index in [1.165, 1.54) is 19.3 Å². The fourth-order valence-corrected chi connectivity index (χ4v) is 3.74. The summed E-state index contributed by atoms with van der Waals surface area (Å²) in [6, 6.07) is 0. The number of halogens is 1. The predicted octanol–water partition coefficient (Wildman–Crippen LogP) is 4.19. The predicted molar refractivity (Wildman–Crippen MR) is 63.7 cm³/mol. The van der Waals surface area contributed by atoms with E-state index in [1.54, 1.807) is 5.57 Å². The van der Waals surface area contributed by atoms with Crippen molar-refractivity contribution in [1.29, 1.82) is 0 Å². The zero-order valence-electron chi connectivity index (χ0n) is 8.31. The highest BCUT2D eigenvalue weighted by molar-refractivity contribution is 14.1. The maximum Gasteiger partial charge on any atom is 0.0212 e. The lowest BCUT2D eigenvalue weighted by Gasteiger charge is -2.25.